The van der Waals surface area contributed by atoms with Gasteiger partial charge in [-0.3, -0.25) is 0 Å². The predicted molar refractivity (Wildman–Crippen MR) is 82.3 cm³/mol. The summed E-state index contributed by atoms with van der Waals surface area (Å²) in [5, 5.41) is 4.40. The summed E-state index contributed by atoms with van der Waals surface area (Å²) in [6.07, 6.45) is 4.49. The van der Waals surface area contributed by atoms with E-state index in [1.807, 2.05) is 6.07 Å². The third-order valence-electron chi connectivity index (χ3n) is 2.53. The molecule has 0 aliphatic rings. The molecule has 19 heavy (non-hydrogen) atoms. The van der Waals surface area contributed by atoms with Crippen molar-refractivity contribution in [3.63, 3.8) is 0 Å². The fourth-order valence-corrected chi connectivity index (χ4v) is 2.90. The second-order valence-corrected chi connectivity index (χ2v) is 6.06. The van der Waals surface area contributed by atoms with Crippen LogP contribution in [0.5, 0.6) is 0 Å². The highest BCUT2D eigenvalue weighted by atomic mass is 79.9. The Morgan fingerprint density at radius 2 is 2.21 bits per heavy atom. The average Bonchev–Trinajstić information content (AvgIpc) is 2.43. The van der Waals surface area contributed by atoms with Crippen LogP contribution >= 0.6 is 27.7 Å². The Kier molecular flexibility index (Phi) is 5.82. The van der Waals surface area contributed by atoms with Crippen molar-refractivity contribution in [2.24, 2.45) is 0 Å². The minimum atomic E-state index is 0.876. The lowest BCUT2D eigenvalue weighted by molar-refractivity contribution is 0.669. The molecular weight excluding hydrogens is 322 g/mol. The summed E-state index contributed by atoms with van der Waals surface area (Å²) in [6, 6.07) is 8.27. The van der Waals surface area contributed by atoms with Crippen molar-refractivity contribution in [1.29, 1.82) is 0 Å². The molecule has 3 nitrogen and oxygen atoms in total. The van der Waals surface area contributed by atoms with Gasteiger partial charge >= 0.3 is 0 Å². The second-order valence-electron chi connectivity index (χ2n) is 4.08. The summed E-state index contributed by atoms with van der Waals surface area (Å²) < 4.78 is 1.10. The van der Waals surface area contributed by atoms with Crippen molar-refractivity contribution in [3.05, 3.63) is 46.8 Å². The van der Waals surface area contributed by atoms with Gasteiger partial charge in [-0.25, -0.2) is 9.97 Å². The molecule has 1 aromatic heterocycles. The lowest BCUT2D eigenvalue weighted by Crippen LogP contribution is -2.14. The Labute approximate surface area is 126 Å². The van der Waals surface area contributed by atoms with Crippen molar-refractivity contribution in [1.82, 2.24) is 15.3 Å². The van der Waals surface area contributed by atoms with E-state index in [1.54, 1.807) is 24.3 Å². The number of halogens is 1. The molecule has 0 saturated heterocycles. The van der Waals surface area contributed by atoms with E-state index < -0.39 is 0 Å². The number of aromatic nitrogens is 2. The molecule has 0 unspecified atom stereocenters. The number of hydrogen-bond donors (Lipinski definition) is 1. The van der Waals surface area contributed by atoms with Crippen LogP contribution < -0.4 is 5.32 Å². The number of hydrogen-bond acceptors (Lipinski definition) is 4. The van der Waals surface area contributed by atoms with E-state index in [9.17, 15) is 0 Å². The highest BCUT2D eigenvalue weighted by Gasteiger charge is 2.06. The van der Waals surface area contributed by atoms with Crippen molar-refractivity contribution in [3.8, 4) is 0 Å². The lowest BCUT2D eigenvalue weighted by atomic mass is 10.2. The normalized spacial score (nSPS) is 10.6. The Morgan fingerprint density at radius 3 is 2.95 bits per heavy atom. The maximum absolute atomic E-state index is 4.25. The molecule has 5 heteroatoms. The summed E-state index contributed by atoms with van der Waals surface area (Å²) in [6.45, 7) is 4.08. The Bertz CT molecular complexity index is 519. The molecule has 2 aromatic rings. The van der Waals surface area contributed by atoms with E-state index in [4.69, 9.17) is 0 Å². The SMILES string of the molecule is CCCNCc1cc(Br)ccc1Sc1ccncn1. The molecule has 0 radical (unpaired) electrons. The first-order valence-electron chi connectivity index (χ1n) is 6.22. The number of nitrogens with one attached hydrogen (secondary N) is 1. The number of nitrogens with zero attached hydrogens (tertiary/aromatic N) is 2. The third kappa shape index (κ3) is 4.60. The van der Waals surface area contributed by atoms with Crippen LogP contribution in [0.25, 0.3) is 0 Å². The first-order chi connectivity index (χ1) is 9.29. The Balaban J connectivity index is 2.14. The van der Waals surface area contributed by atoms with Crippen LogP contribution in [0.4, 0.5) is 0 Å². The maximum atomic E-state index is 4.25. The van der Waals surface area contributed by atoms with E-state index >= 15 is 0 Å². The monoisotopic (exact) mass is 337 g/mol. The van der Waals surface area contributed by atoms with Gasteiger partial charge in [-0.05, 0) is 42.8 Å². The van der Waals surface area contributed by atoms with Crippen LogP contribution in [0.2, 0.25) is 0 Å². The topological polar surface area (TPSA) is 37.8 Å². The molecule has 100 valence electrons. The minimum Gasteiger partial charge on any atom is -0.313 e. The van der Waals surface area contributed by atoms with Gasteiger partial charge in [-0.15, -0.1) is 0 Å². The average molecular weight is 338 g/mol. The maximum Gasteiger partial charge on any atom is 0.116 e. The zero-order valence-corrected chi connectivity index (χ0v) is 13.2. The highest BCUT2D eigenvalue weighted by Crippen LogP contribution is 2.30. The van der Waals surface area contributed by atoms with E-state index in [0.717, 1.165) is 29.0 Å². The molecule has 1 heterocycles. The molecule has 0 atom stereocenters. The fourth-order valence-electron chi connectivity index (χ4n) is 1.64. The zero-order chi connectivity index (χ0) is 13.5. The van der Waals surface area contributed by atoms with Gasteiger partial charge < -0.3 is 5.32 Å². The smallest absolute Gasteiger partial charge is 0.116 e. The quantitative estimate of drug-likeness (QED) is 0.641. The largest absolute Gasteiger partial charge is 0.313 e. The molecule has 0 amide bonds. The summed E-state index contributed by atoms with van der Waals surface area (Å²) in [4.78, 5) is 9.42. The summed E-state index contributed by atoms with van der Waals surface area (Å²) in [5.74, 6) is 0. The van der Waals surface area contributed by atoms with E-state index in [2.05, 4.69) is 56.3 Å². The van der Waals surface area contributed by atoms with Crippen LogP contribution in [-0.2, 0) is 6.54 Å². The van der Waals surface area contributed by atoms with Gasteiger partial charge in [0.05, 0.1) is 0 Å². The molecule has 0 aliphatic carbocycles. The second kappa shape index (κ2) is 7.62. The van der Waals surface area contributed by atoms with Crippen LogP contribution in [0.3, 0.4) is 0 Å². The van der Waals surface area contributed by atoms with Crippen LogP contribution in [0.15, 0.2) is 51.2 Å². The number of benzene rings is 1. The van der Waals surface area contributed by atoms with Gasteiger partial charge in [0, 0.05) is 22.1 Å². The molecule has 2 rings (SSSR count). The lowest BCUT2D eigenvalue weighted by Gasteiger charge is -2.10. The van der Waals surface area contributed by atoms with Crippen molar-refractivity contribution in [2.75, 3.05) is 6.54 Å². The standard InChI is InChI=1S/C14H16BrN3S/c1-2-6-16-9-11-8-12(15)3-4-13(11)19-14-5-7-17-10-18-14/h3-5,7-8,10,16H,2,6,9H2,1H3. The first kappa shape index (κ1) is 14.5. The number of rotatable bonds is 6. The van der Waals surface area contributed by atoms with E-state index in [1.165, 1.54) is 10.5 Å². The first-order valence-corrected chi connectivity index (χ1v) is 7.83. The van der Waals surface area contributed by atoms with Gasteiger partial charge in [-0.1, -0.05) is 34.6 Å². The molecule has 1 aromatic carbocycles. The van der Waals surface area contributed by atoms with Crippen LogP contribution in [-0.4, -0.2) is 16.5 Å². The van der Waals surface area contributed by atoms with Gasteiger partial charge in [-0.2, -0.15) is 0 Å². The van der Waals surface area contributed by atoms with Crippen molar-refractivity contribution >= 4 is 27.7 Å². The molecule has 0 aliphatic heterocycles. The fraction of sp³-hybridized carbons (Fsp3) is 0.286. The zero-order valence-electron chi connectivity index (χ0n) is 10.8. The predicted octanol–water partition coefficient (Wildman–Crippen LogP) is 3.89. The van der Waals surface area contributed by atoms with Gasteiger partial charge in [0.1, 0.15) is 11.4 Å². The highest BCUT2D eigenvalue weighted by molar-refractivity contribution is 9.10. The van der Waals surface area contributed by atoms with E-state index in [-0.39, 0.29) is 0 Å². The molecule has 1 N–H and O–H groups in total. The van der Waals surface area contributed by atoms with Gasteiger partial charge in [0.25, 0.3) is 0 Å². The van der Waals surface area contributed by atoms with E-state index in [0.29, 0.717) is 0 Å². The minimum absolute atomic E-state index is 0.876. The van der Waals surface area contributed by atoms with Gasteiger partial charge in [0.15, 0.2) is 0 Å². The molecule has 0 saturated carbocycles. The summed E-state index contributed by atoms with van der Waals surface area (Å²) in [5.41, 5.74) is 1.28. The van der Waals surface area contributed by atoms with Crippen LogP contribution in [0.1, 0.15) is 18.9 Å². The third-order valence-corrected chi connectivity index (χ3v) is 4.10. The molecule has 0 bridgehead atoms. The van der Waals surface area contributed by atoms with Gasteiger partial charge in [0.2, 0.25) is 0 Å². The van der Waals surface area contributed by atoms with Crippen molar-refractivity contribution < 1.29 is 0 Å². The molecule has 0 fully saturated rings. The Hall–Kier alpha value is -0.910. The Morgan fingerprint density at radius 1 is 1.32 bits per heavy atom. The van der Waals surface area contributed by atoms with Crippen molar-refractivity contribution in [2.45, 2.75) is 29.8 Å². The summed E-state index contributed by atoms with van der Waals surface area (Å²) in [7, 11) is 0. The summed E-state index contributed by atoms with van der Waals surface area (Å²) >= 11 is 5.20. The molecular formula is C14H16BrN3S. The van der Waals surface area contributed by atoms with Crippen LogP contribution in [0, 0.1) is 0 Å². The molecule has 0 spiro atoms.